The molecule has 0 aliphatic carbocycles. The van der Waals surface area contributed by atoms with E-state index in [0.717, 1.165) is 23.1 Å². The van der Waals surface area contributed by atoms with Crippen molar-refractivity contribution in [3.63, 3.8) is 0 Å². The molecule has 1 aliphatic heterocycles. The molecule has 1 aliphatic rings. The van der Waals surface area contributed by atoms with Crippen LogP contribution in [0.1, 0.15) is 11.1 Å². The predicted octanol–water partition coefficient (Wildman–Crippen LogP) is 2.54. The zero-order chi connectivity index (χ0) is 25.6. The monoisotopic (exact) mass is 509 g/mol. The van der Waals surface area contributed by atoms with Crippen LogP contribution < -0.4 is 9.92 Å². The van der Waals surface area contributed by atoms with Gasteiger partial charge in [0, 0.05) is 25.0 Å². The number of nitrogens with two attached hydrogens (primary N) is 1. The highest BCUT2D eigenvalue weighted by Gasteiger charge is 2.50. The molecule has 2 aromatic carbocycles. The van der Waals surface area contributed by atoms with Gasteiger partial charge in [-0.15, -0.1) is 0 Å². The van der Waals surface area contributed by atoms with Crippen LogP contribution in [-0.2, 0) is 20.5 Å². The van der Waals surface area contributed by atoms with Gasteiger partial charge in [0.15, 0.2) is 11.5 Å². The van der Waals surface area contributed by atoms with Crippen LogP contribution >= 0.6 is 0 Å². The lowest BCUT2D eigenvalue weighted by molar-refractivity contribution is -0.129. The molecular formula is C21H15F4N5O4S. The average Bonchev–Trinajstić information content (AvgIpc) is 3.04. The predicted molar refractivity (Wildman–Crippen MR) is 115 cm³/mol. The molecule has 182 valence electrons. The van der Waals surface area contributed by atoms with E-state index in [4.69, 9.17) is 5.73 Å². The van der Waals surface area contributed by atoms with Crippen molar-refractivity contribution in [2.45, 2.75) is 11.0 Å². The number of alkyl halides is 3. The number of hydrogen-bond donors (Lipinski definition) is 1. The number of hydrogen-bond acceptors (Lipinski definition) is 8. The number of carbonyl (C=O) groups excluding carboxylic acids is 1. The molecular weight excluding hydrogens is 494 g/mol. The van der Waals surface area contributed by atoms with Crippen LogP contribution in [0.5, 0.6) is 5.75 Å². The van der Waals surface area contributed by atoms with E-state index in [1.165, 1.54) is 49.9 Å². The maximum Gasteiger partial charge on any atom is 0.534 e. The van der Waals surface area contributed by atoms with Gasteiger partial charge >= 0.3 is 15.6 Å². The fraction of sp³-hybridized carbons (Fsp3) is 0.143. The van der Waals surface area contributed by atoms with Crippen LogP contribution in [0.25, 0.3) is 11.3 Å². The zero-order valence-electron chi connectivity index (χ0n) is 17.7. The van der Waals surface area contributed by atoms with Gasteiger partial charge in [0.2, 0.25) is 0 Å². The van der Waals surface area contributed by atoms with Crippen molar-refractivity contribution in [1.29, 1.82) is 0 Å². The van der Waals surface area contributed by atoms with Crippen LogP contribution in [0.3, 0.4) is 0 Å². The highest BCUT2D eigenvalue weighted by atomic mass is 32.2. The minimum Gasteiger partial charge on any atom is -0.376 e. The second kappa shape index (κ2) is 8.30. The van der Waals surface area contributed by atoms with Crippen molar-refractivity contribution >= 4 is 22.0 Å². The summed E-state index contributed by atoms with van der Waals surface area (Å²) >= 11 is 0. The average molecular weight is 509 g/mol. The number of guanidine groups is 1. The summed E-state index contributed by atoms with van der Waals surface area (Å²) in [7, 11) is -4.53. The van der Waals surface area contributed by atoms with E-state index in [1.807, 2.05) is 0 Å². The molecule has 0 saturated heterocycles. The van der Waals surface area contributed by atoms with E-state index in [-0.39, 0.29) is 28.3 Å². The van der Waals surface area contributed by atoms with Gasteiger partial charge in [-0.3, -0.25) is 19.7 Å². The Labute approximate surface area is 196 Å². The lowest BCUT2D eigenvalue weighted by Crippen LogP contribution is -2.41. The molecule has 1 unspecified atom stereocenters. The Hall–Kier alpha value is -4.07. The second-order valence-electron chi connectivity index (χ2n) is 7.34. The van der Waals surface area contributed by atoms with E-state index >= 15 is 0 Å². The van der Waals surface area contributed by atoms with Gasteiger partial charge < -0.3 is 9.92 Å². The molecule has 0 radical (unpaired) electrons. The van der Waals surface area contributed by atoms with Gasteiger partial charge in [-0.05, 0) is 35.4 Å². The molecule has 1 atom stereocenters. The molecule has 1 amide bonds. The van der Waals surface area contributed by atoms with Crippen molar-refractivity contribution in [3.8, 4) is 17.0 Å². The van der Waals surface area contributed by atoms with E-state index in [1.54, 1.807) is 0 Å². The van der Waals surface area contributed by atoms with E-state index in [9.17, 15) is 30.8 Å². The molecule has 0 saturated carbocycles. The lowest BCUT2D eigenvalue weighted by Gasteiger charge is -2.26. The topological polar surface area (TPSA) is 128 Å². The molecule has 0 bridgehead atoms. The summed E-state index contributed by atoms with van der Waals surface area (Å²) in [5.41, 5.74) is -1.09. The fourth-order valence-corrected chi connectivity index (χ4v) is 3.95. The molecule has 0 fully saturated rings. The summed E-state index contributed by atoms with van der Waals surface area (Å²) < 4.78 is 79.3. The number of likely N-dealkylation sites (N-methyl/N-ethyl adjacent to an activating group) is 1. The molecule has 35 heavy (non-hydrogen) atoms. The van der Waals surface area contributed by atoms with Gasteiger partial charge in [0.1, 0.15) is 11.6 Å². The normalized spacial score (nSPS) is 18.5. The summed E-state index contributed by atoms with van der Waals surface area (Å²) in [5.74, 6) is -2.10. The lowest BCUT2D eigenvalue weighted by atomic mass is 9.82. The van der Waals surface area contributed by atoms with E-state index in [0.29, 0.717) is 0 Å². The minimum absolute atomic E-state index is 0.0160. The van der Waals surface area contributed by atoms with Crippen molar-refractivity contribution < 1.29 is 35.0 Å². The summed E-state index contributed by atoms with van der Waals surface area (Å²) in [4.78, 5) is 26.7. The van der Waals surface area contributed by atoms with Gasteiger partial charge in [0.25, 0.3) is 5.91 Å². The number of aliphatic imine (C=N–C) groups is 1. The highest BCUT2D eigenvalue weighted by Crippen LogP contribution is 2.41. The first-order valence-electron chi connectivity index (χ1n) is 9.68. The summed E-state index contributed by atoms with van der Waals surface area (Å²) in [6.45, 7) is 0. The second-order valence-corrected chi connectivity index (χ2v) is 8.88. The molecule has 4 rings (SSSR count). The summed E-state index contributed by atoms with van der Waals surface area (Å²) in [6, 6.07) is 7.95. The Balaban J connectivity index is 1.84. The number of amides is 1. The van der Waals surface area contributed by atoms with Crippen molar-refractivity contribution in [3.05, 3.63) is 78.0 Å². The Morgan fingerprint density at radius 3 is 2.26 bits per heavy atom. The quantitative estimate of drug-likeness (QED) is 0.318. The molecule has 14 heteroatoms. The minimum atomic E-state index is -5.90. The SMILES string of the molecule is CN1C(=O)C(c2ccc(OS(=O)(=O)C(F)(F)F)cc2)(c2ccc(F)c(-c3cnccn3)c2)N=C1N. The standard InChI is InChI=1S/C21H15F4N5O4S/c1-30-18(31)20(29-19(30)26,12-2-5-14(6-3-12)34-35(32,33)21(23,24)25)13-4-7-16(22)15(10-13)17-11-27-8-9-28-17/h2-11H,1H3,(H2,26,29). The van der Waals surface area contributed by atoms with E-state index in [2.05, 4.69) is 19.1 Å². The number of nitrogens with zero attached hydrogens (tertiary/aromatic N) is 4. The van der Waals surface area contributed by atoms with Crippen molar-refractivity contribution in [2.75, 3.05) is 7.05 Å². The number of aromatic nitrogens is 2. The first-order chi connectivity index (χ1) is 16.4. The van der Waals surface area contributed by atoms with Crippen LogP contribution in [0.2, 0.25) is 0 Å². The van der Waals surface area contributed by atoms with Crippen LogP contribution in [0.4, 0.5) is 17.6 Å². The Morgan fingerprint density at radius 2 is 1.71 bits per heavy atom. The maximum atomic E-state index is 14.6. The first kappa shape index (κ1) is 24.1. The molecule has 2 heterocycles. The number of carbonyl (C=O) groups is 1. The molecule has 2 N–H and O–H groups in total. The third kappa shape index (κ3) is 4.05. The third-order valence-corrected chi connectivity index (χ3v) is 6.20. The van der Waals surface area contributed by atoms with Crippen molar-refractivity contribution in [1.82, 2.24) is 14.9 Å². The fourth-order valence-electron chi connectivity index (χ4n) is 3.49. The Bertz CT molecular complexity index is 1430. The summed E-state index contributed by atoms with van der Waals surface area (Å²) in [6.07, 6.45) is 4.08. The number of halogens is 4. The molecule has 0 spiro atoms. The largest absolute Gasteiger partial charge is 0.534 e. The molecule has 1 aromatic heterocycles. The highest BCUT2D eigenvalue weighted by molar-refractivity contribution is 7.88. The summed E-state index contributed by atoms with van der Waals surface area (Å²) in [5, 5.41) is 0. The Morgan fingerprint density at radius 1 is 1.06 bits per heavy atom. The van der Waals surface area contributed by atoms with E-state index < -0.39 is 38.6 Å². The maximum absolute atomic E-state index is 14.6. The van der Waals surface area contributed by atoms with Crippen LogP contribution in [-0.4, -0.2) is 47.7 Å². The van der Waals surface area contributed by atoms with Gasteiger partial charge in [-0.1, -0.05) is 18.2 Å². The van der Waals surface area contributed by atoms with Gasteiger partial charge in [-0.2, -0.15) is 21.6 Å². The molecule has 9 nitrogen and oxygen atoms in total. The van der Waals surface area contributed by atoms with Gasteiger partial charge in [0.05, 0.1) is 11.9 Å². The number of rotatable bonds is 5. The Kier molecular flexibility index (Phi) is 5.71. The van der Waals surface area contributed by atoms with Crippen LogP contribution in [0.15, 0.2) is 66.0 Å². The number of benzene rings is 2. The first-order valence-corrected chi connectivity index (χ1v) is 11.1. The third-order valence-electron chi connectivity index (χ3n) is 5.22. The zero-order valence-corrected chi connectivity index (χ0v) is 18.5. The van der Waals surface area contributed by atoms with Crippen LogP contribution in [0, 0.1) is 5.82 Å². The van der Waals surface area contributed by atoms with Gasteiger partial charge in [-0.25, -0.2) is 9.38 Å². The molecule has 3 aromatic rings. The smallest absolute Gasteiger partial charge is 0.376 e. The van der Waals surface area contributed by atoms with Crippen molar-refractivity contribution in [2.24, 2.45) is 10.7 Å².